The molecular formula is C10H11N3. The number of hydrogen-bond donors (Lipinski definition) is 0. The smallest absolute Gasteiger partial charge is 0.101 e. The number of hydrogen-bond acceptors (Lipinski definition) is 3. The van der Waals surface area contributed by atoms with Gasteiger partial charge >= 0.3 is 0 Å². The van der Waals surface area contributed by atoms with Gasteiger partial charge < -0.3 is 4.90 Å². The molecule has 0 spiro atoms. The first-order valence-electron chi connectivity index (χ1n) is 3.93. The molecule has 0 aliphatic rings. The maximum atomic E-state index is 8.75. The predicted molar refractivity (Wildman–Crippen MR) is 51.7 cm³/mol. The third-order valence-electron chi connectivity index (χ3n) is 1.53. The van der Waals surface area contributed by atoms with E-state index in [-0.39, 0.29) is 0 Å². The van der Waals surface area contributed by atoms with Crippen LogP contribution in [0.2, 0.25) is 0 Å². The molecule has 0 amide bonds. The molecule has 0 N–H and O–H groups in total. The van der Waals surface area contributed by atoms with Crippen LogP contribution >= 0.6 is 0 Å². The van der Waals surface area contributed by atoms with Gasteiger partial charge in [0.1, 0.15) is 6.07 Å². The van der Waals surface area contributed by atoms with Crippen molar-refractivity contribution in [1.82, 2.24) is 9.88 Å². The van der Waals surface area contributed by atoms with Crippen LogP contribution in [0.3, 0.4) is 0 Å². The average molecular weight is 173 g/mol. The van der Waals surface area contributed by atoms with Gasteiger partial charge in [0.2, 0.25) is 0 Å². The quantitative estimate of drug-likeness (QED) is 0.680. The second-order valence-corrected chi connectivity index (χ2v) is 2.85. The van der Waals surface area contributed by atoms with Gasteiger partial charge in [-0.05, 0) is 23.9 Å². The summed E-state index contributed by atoms with van der Waals surface area (Å²) in [6.45, 7) is 0. The van der Waals surface area contributed by atoms with Gasteiger partial charge in [0.15, 0.2) is 0 Å². The number of rotatable bonds is 2. The van der Waals surface area contributed by atoms with Gasteiger partial charge in [0.25, 0.3) is 0 Å². The van der Waals surface area contributed by atoms with Crippen molar-refractivity contribution in [3.63, 3.8) is 0 Å². The fourth-order valence-corrected chi connectivity index (χ4v) is 0.873. The summed E-state index contributed by atoms with van der Waals surface area (Å²) >= 11 is 0. The summed E-state index contributed by atoms with van der Waals surface area (Å²) in [5.41, 5.74) is 1.49. The zero-order valence-electron chi connectivity index (χ0n) is 7.73. The van der Waals surface area contributed by atoms with Crippen LogP contribution in [0.15, 0.2) is 24.7 Å². The van der Waals surface area contributed by atoms with Gasteiger partial charge in [-0.1, -0.05) is 0 Å². The van der Waals surface area contributed by atoms with Crippen LogP contribution in [-0.4, -0.2) is 24.0 Å². The summed E-state index contributed by atoms with van der Waals surface area (Å²) in [6, 6.07) is 3.91. The molecule has 0 aliphatic heterocycles. The van der Waals surface area contributed by atoms with Gasteiger partial charge in [0, 0.05) is 26.5 Å². The van der Waals surface area contributed by atoms with E-state index in [2.05, 4.69) is 11.1 Å². The highest BCUT2D eigenvalue weighted by atomic mass is 15.0. The molecule has 66 valence electrons. The van der Waals surface area contributed by atoms with E-state index < -0.39 is 0 Å². The van der Waals surface area contributed by atoms with Crippen molar-refractivity contribution in [3.8, 4) is 6.07 Å². The van der Waals surface area contributed by atoms with Gasteiger partial charge in [-0.15, -0.1) is 0 Å². The lowest BCUT2D eigenvalue weighted by atomic mass is 10.1. The molecule has 3 heteroatoms. The molecule has 0 unspecified atom stereocenters. The fraction of sp³-hybridized carbons (Fsp3) is 0.200. The summed E-state index contributed by atoms with van der Waals surface area (Å²) in [4.78, 5) is 5.79. The Morgan fingerprint density at radius 2 is 2.31 bits per heavy atom. The van der Waals surface area contributed by atoms with Crippen LogP contribution in [0.5, 0.6) is 0 Å². The molecule has 1 aromatic rings. The second kappa shape index (κ2) is 4.27. The zero-order chi connectivity index (χ0) is 9.68. The third-order valence-corrected chi connectivity index (χ3v) is 1.53. The highest BCUT2D eigenvalue weighted by Gasteiger charge is 1.95. The average Bonchev–Trinajstić information content (AvgIpc) is 2.15. The van der Waals surface area contributed by atoms with Crippen LogP contribution in [0.25, 0.3) is 6.08 Å². The minimum atomic E-state index is 0.598. The van der Waals surface area contributed by atoms with Crippen LogP contribution in [0.1, 0.15) is 11.1 Å². The number of nitrogens with zero attached hydrogens (tertiary/aromatic N) is 3. The topological polar surface area (TPSA) is 39.9 Å². The Kier molecular flexibility index (Phi) is 3.04. The third kappa shape index (κ3) is 2.60. The molecule has 0 bridgehead atoms. The Morgan fingerprint density at radius 1 is 1.54 bits per heavy atom. The first kappa shape index (κ1) is 9.27. The molecule has 1 heterocycles. The molecule has 0 aliphatic carbocycles. The van der Waals surface area contributed by atoms with Crippen LogP contribution in [-0.2, 0) is 0 Å². The summed E-state index contributed by atoms with van der Waals surface area (Å²) in [5, 5.41) is 8.75. The summed E-state index contributed by atoms with van der Waals surface area (Å²) in [7, 11) is 3.87. The van der Waals surface area contributed by atoms with E-state index in [1.165, 1.54) is 0 Å². The molecule has 0 saturated carbocycles. The largest absolute Gasteiger partial charge is 0.383 e. The fourth-order valence-electron chi connectivity index (χ4n) is 0.873. The zero-order valence-corrected chi connectivity index (χ0v) is 7.73. The maximum Gasteiger partial charge on any atom is 0.101 e. The summed E-state index contributed by atoms with van der Waals surface area (Å²) in [5.74, 6) is 0. The Balaban J connectivity index is 2.95. The van der Waals surface area contributed by atoms with E-state index in [9.17, 15) is 0 Å². The van der Waals surface area contributed by atoms with Crippen LogP contribution in [0, 0.1) is 11.3 Å². The van der Waals surface area contributed by atoms with Crippen LogP contribution < -0.4 is 0 Å². The molecular weight excluding hydrogens is 162 g/mol. The normalized spacial score (nSPS) is 9.92. The van der Waals surface area contributed by atoms with E-state index >= 15 is 0 Å². The van der Waals surface area contributed by atoms with E-state index in [1.807, 2.05) is 37.3 Å². The minimum absolute atomic E-state index is 0.598. The minimum Gasteiger partial charge on any atom is -0.383 e. The van der Waals surface area contributed by atoms with Crippen molar-refractivity contribution >= 4 is 6.08 Å². The number of nitriles is 1. The first-order chi connectivity index (χ1) is 6.24. The monoisotopic (exact) mass is 173 g/mol. The molecule has 3 nitrogen and oxygen atoms in total. The molecule has 0 aromatic carbocycles. The molecule has 1 aromatic heterocycles. The lowest BCUT2D eigenvalue weighted by Crippen LogP contribution is -1.99. The molecule has 0 atom stereocenters. The highest BCUT2D eigenvalue weighted by Crippen LogP contribution is 2.07. The van der Waals surface area contributed by atoms with Gasteiger partial charge in [-0.3, -0.25) is 4.98 Å². The number of aromatic nitrogens is 1. The Morgan fingerprint density at radius 3 is 2.92 bits per heavy atom. The first-order valence-corrected chi connectivity index (χ1v) is 3.93. The van der Waals surface area contributed by atoms with Gasteiger partial charge in [0.05, 0.1) is 5.56 Å². The van der Waals surface area contributed by atoms with Crippen molar-refractivity contribution in [2.75, 3.05) is 14.1 Å². The second-order valence-electron chi connectivity index (χ2n) is 2.85. The van der Waals surface area contributed by atoms with Crippen molar-refractivity contribution in [2.45, 2.75) is 0 Å². The summed E-state index contributed by atoms with van der Waals surface area (Å²) < 4.78 is 0. The molecule has 0 fully saturated rings. The molecule has 1 rings (SSSR count). The standard InChI is InChI=1S/C10H11N3/c1-13(2)6-4-9-3-5-12-8-10(9)7-11/h3-6,8H,1-2H3/b6-4-. The highest BCUT2D eigenvalue weighted by molar-refractivity contribution is 5.56. The SMILES string of the molecule is CN(C)/C=C\c1ccncc1C#N. The summed E-state index contributed by atoms with van der Waals surface area (Å²) in [6.07, 6.45) is 7.03. The van der Waals surface area contributed by atoms with Gasteiger partial charge in [-0.2, -0.15) is 5.26 Å². The van der Waals surface area contributed by atoms with E-state index in [4.69, 9.17) is 5.26 Å². The van der Waals surface area contributed by atoms with E-state index in [1.54, 1.807) is 12.4 Å². The lowest BCUT2D eigenvalue weighted by molar-refractivity contribution is 0.567. The molecule has 13 heavy (non-hydrogen) atoms. The Bertz CT molecular complexity index is 347. The molecule has 0 radical (unpaired) electrons. The van der Waals surface area contributed by atoms with Crippen LogP contribution in [0.4, 0.5) is 0 Å². The lowest BCUT2D eigenvalue weighted by Gasteiger charge is -2.03. The Labute approximate surface area is 77.9 Å². The van der Waals surface area contributed by atoms with Crippen molar-refractivity contribution < 1.29 is 0 Å². The van der Waals surface area contributed by atoms with Crippen molar-refractivity contribution in [2.24, 2.45) is 0 Å². The Hall–Kier alpha value is -1.82. The van der Waals surface area contributed by atoms with E-state index in [0.717, 1.165) is 5.56 Å². The van der Waals surface area contributed by atoms with Gasteiger partial charge in [-0.25, -0.2) is 0 Å². The van der Waals surface area contributed by atoms with Crippen molar-refractivity contribution in [3.05, 3.63) is 35.8 Å². The van der Waals surface area contributed by atoms with E-state index in [0.29, 0.717) is 5.56 Å². The number of pyridine rings is 1. The maximum absolute atomic E-state index is 8.75. The molecule has 0 saturated heterocycles. The predicted octanol–water partition coefficient (Wildman–Crippen LogP) is 1.49. The van der Waals surface area contributed by atoms with Crippen molar-refractivity contribution in [1.29, 1.82) is 5.26 Å².